The Kier molecular flexibility index (Phi) is 5.88. The molecule has 8 heteroatoms. The van der Waals surface area contributed by atoms with E-state index in [1.165, 1.54) is 11.1 Å². The van der Waals surface area contributed by atoms with Crippen molar-refractivity contribution >= 4 is 12.0 Å². The van der Waals surface area contributed by atoms with Crippen LogP contribution >= 0.6 is 0 Å². The zero-order valence-electron chi connectivity index (χ0n) is 19.8. The molecule has 0 spiro atoms. The predicted molar refractivity (Wildman–Crippen MR) is 130 cm³/mol. The molecule has 176 valence electrons. The quantitative estimate of drug-likeness (QED) is 0.563. The highest BCUT2D eigenvalue weighted by Gasteiger charge is 2.35. The monoisotopic (exact) mass is 460 g/mol. The number of allylic oxidation sites excluding steroid dienone is 2. The summed E-state index contributed by atoms with van der Waals surface area (Å²) in [5.41, 5.74) is 5.46. The van der Waals surface area contributed by atoms with E-state index < -0.39 is 0 Å². The first-order chi connectivity index (χ1) is 16.7. The minimum Gasteiger partial charge on any atom is -0.493 e. The van der Waals surface area contributed by atoms with Crippen LogP contribution < -0.4 is 24.3 Å². The number of para-hydroxylation sites is 2. The Bertz CT molecular complexity index is 1280. The summed E-state index contributed by atoms with van der Waals surface area (Å²) < 4.78 is 24.5. The zero-order valence-corrected chi connectivity index (χ0v) is 19.8. The molecule has 0 radical (unpaired) electrons. The lowest BCUT2D eigenvalue weighted by atomic mass is 9.83. The van der Waals surface area contributed by atoms with Gasteiger partial charge in [0, 0.05) is 16.8 Å². The van der Waals surface area contributed by atoms with Gasteiger partial charge in [-0.25, -0.2) is 4.68 Å². The van der Waals surface area contributed by atoms with Gasteiger partial charge in [0.2, 0.25) is 5.95 Å². The Balaban J connectivity index is 1.68. The van der Waals surface area contributed by atoms with Crippen molar-refractivity contribution in [2.24, 2.45) is 0 Å². The van der Waals surface area contributed by atoms with Crippen LogP contribution in [0.1, 0.15) is 36.4 Å². The Labute approximate surface area is 198 Å². The van der Waals surface area contributed by atoms with Gasteiger partial charge in [-0.15, -0.1) is 0 Å². The first-order valence-corrected chi connectivity index (χ1v) is 11.2. The number of hydrogen-bond acceptors (Lipinski definition) is 7. The first kappa shape index (κ1) is 21.9. The highest BCUT2D eigenvalue weighted by molar-refractivity contribution is 5.70. The Morgan fingerprint density at radius 2 is 1.65 bits per heavy atom. The summed E-state index contributed by atoms with van der Waals surface area (Å²) in [6.07, 6.45) is 6.64. The summed E-state index contributed by atoms with van der Waals surface area (Å²) in [7, 11) is 6.63. The molecule has 5 rings (SSSR count). The van der Waals surface area contributed by atoms with Crippen molar-refractivity contribution in [1.29, 1.82) is 0 Å². The van der Waals surface area contributed by atoms with Crippen LogP contribution in [-0.2, 0) is 0 Å². The second-order valence-corrected chi connectivity index (χ2v) is 8.14. The molecular weight excluding hydrogens is 432 g/mol. The predicted octanol–water partition coefficient (Wildman–Crippen LogP) is 4.85. The molecule has 0 unspecified atom stereocenters. The topological polar surface area (TPSA) is 79.7 Å². The minimum atomic E-state index is -0.158. The highest BCUT2D eigenvalue weighted by atomic mass is 16.5. The third-order valence-corrected chi connectivity index (χ3v) is 6.41. The molecule has 1 aromatic heterocycles. The van der Waals surface area contributed by atoms with Crippen LogP contribution in [0.5, 0.6) is 23.0 Å². The third kappa shape index (κ3) is 3.55. The normalized spacial score (nSPS) is 18.1. The summed E-state index contributed by atoms with van der Waals surface area (Å²) in [6, 6.07) is 11.7. The van der Waals surface area contributed by atoms with E-state index in [0.717, 1.165) is 41.8 Å². The number of hydrogen-bond donors (Lipinski definition) is 1. The fourth-order valence-corrected chi connectivity index (χ4v) is 4.95. The van der Waals surface area contributed by atoms with Crippen molar-refractivity contribution in [3.63, 3.8) is 0 Å². The third-order valence-electron chi connectivity index (χ3n) is 6.41. The molecule has 0 bridgehead atoms. The van der Waals surface area contributed by atoms with Gasteiger partial charge in [0.05, 0.1) is 28.4 Å². The molecule has 1 N–H and O–H groups in total. The smallest absolute Gasteiger partial charge is 0.226 e. The van der Waals surface area contributed by atoms with Gasteiger partial charge < -0.3 is 24.3 Å². The zero-order chi connectivity index (χ0) is 23.7. The number of benzene rings is 2. The van der Waals surface area contributed by atoms with Crippen molar-refractivity contribution in [1.82, 2.24) is 14.8 Å². The molecule has 1 aliphatic carbocycles. The van der Waals surface area contributed by atoms with Crippen LogP contribution in [0.2, 0.25) is 0 Å². The van der Waals surface area contributed by atoms with Gasteiger partial charge in [0.25, 0.3) is 0 Å². The Morgan fingerprint density at radius 1 is 0.912 bits per heavy atom. The van der Waals surface area contributed by atoms with E-state index >= 15 is 0 Å². The lowest BCUT2D eigenvalue weighted by molar-refractivity contribution is 0.347. The number of fused-ring (bicyclic) bond motifs is 1. The first-order valence-electron chi connectivity index (χ1n) is 11.2. The highest BCUT2D eigenvalue weighted by Crippen LogP contribution is 2.47. The lowest BCUT2D eigenvalue weighted by Gasteiger charge is -2.35. The second kappa shape index (κ2) is 9.13. The number of nitrogens with one attached hydrogen (secondary N) is 1. The molecule has 0 amide bonds. The van der Waals surface area contributed by atoms with E-state index in [4.69, 9.17) is 18.9 Å². The maximum Gasteiger partial charge on any atom is 0.226 e. The molecule has 2 aromatic carbocycles. The van der Waals surface area contributed by atoms with E-state index in [1.54, 1.807) is 34.8 Å². The van der Waals surface area contributed by atoms with Gasteiger partial charge in [-0.3, -0.25) is 0 Å². The van der Waals surface area contributed by atoms with Crippen LogP contribution in [0.15, 0.2) is 59.6 Å². The number of anilines is 1. The van der Waals surface area contributed by atoms with Gasteiger partial charge >= 0.3 is 0 Å². The van der Waals surface area contributed by atoms with Gasteiger partial charge in [0.1, 0.15) is 12.4 Å². The maximum absolute atomic E-state index is 5.80. The van der Waals surface area contributed by atoms with Crippen molar-refractivity contribution < 1.29 is 18.9 Å². The summed E-state index contributed by atoms with van der Waals surface area (Å²) in [5, 5.41) is 8.09. The van der Waals surface area contributed by atoms with Gasteiger partial charge in [-0.05, 0) is 48.6 Å². The number of nitrogens with zero attached hydrogens (tertiary/aromatic N) is 3. The van der Waals surface area contributed by atoms with Crippen LogP contribution in [0.3, 0.4) is 0 Å². The van der Waals surface area contributed by atoms with Gasteiger partial charge in [-0.1, -0.05) is 24.3 Å². The molecule has 2 heterocycles. The SMILES string of the molecule is COc1cccc(/C=C2\CCCC3=C2Nc2ncnn2[C@@H]3c2cccc(OC)c2OC)c1OC. The molecule has 1 atom stereocenters. The summed E-state index contributed by atoms with van der Waals surface area (Å²) in [6.45, 7) is 0. The van der Waals surface area contributed by atoms with Gasteiger partial charge in [0.15, 0.2) is 23.0 Å². The molecule has 34 heavy (non-hydrogen) atoms. The Hall–Kier alpha value is -3.94. The molecule has 3 aromatic rings. The average Bonchev–Trinajstić information content (AvgIpc) is 3.35. The van der Waals surface area contributed by atoms with E-state index in [0.29, 0.717) is 23.2 Å². The Morgan fingerprint density at radius 3 is 2.38 bits per heavy atom. The fraction of sp³-hybridized carbons (Fsp3) is 0.308. The average molecular weight is 461 g/mol. The summed E-state index contributed by atoms with van der Waals surface area (Å²) in [4.78, 5) is 4.49. The maximum atomic E-state index is 5.80. The van der Waals surface area contributed by atoms with Crippen LogP contribution in [0.4, 0.5) is 5.95 Å². The summed E-state index contributed by atoms with van der Waals surface area (Å²) in [5.74, 6) is 3.51. The fourth-order valence-electron chi connectivity index (χ4n) is 4.95. The van der Waals surface area contributed by atoms with Crippen molar-refractivity contribution in [3.8, 4) is 23.0 Å². The van der Waals surface area contributed by atoms with Gasteiger partial charge in [-0.2, -0.15) is 10.1 Å². The van der Waals surface area contributed by atoms with E-state index in [2.05, 4.69) is 27.5 Å². The molecule has 8 nitrogen and oxygen atoms in total. The van der Waals surface area contributed by atoms with Crippen molar-refractivity contribution in [3.05, 3.63) is 70.7 Å². The number of rotatable bonds is 6. The van der Waals surface area contributed by atoms with Crippen LogP contribution in [0.25, 0.3) is 6.08 Å². The molecule has 2 aliphatic rings. The molecular formula is C26H28N4O4. The molecule has 0 saturated carbocycles. The largest absolute Gasteiger partial charge is 0.493 e. The van der Waals surface area contributed by atoms with Crippen LogP contribution in [-0.4, -0.2) is 43.2 Å². The lowest BCUT2D eigenvalue weighted by Crippen LogP contribution is -2.28. The minimum absolute atomic E-state index is 0.158. The molecule has 0 fully saturated rings. The van der Waals surface area contributed by atoms with E-state index in [-0.39, 0.29) is 6.04 Å². The van der Waals surface area contributed by atoms with Crippen molar-refractivity contribution in [2.75, 3.05) is 33.8 Å². The van der Waals surface area contributed by atoms with E-state index in [1.807, 2.05) is 35.0 Å². The summed E-state index contributed by atoms with van der Waals surface area (Å²) >= 11 is 0. The molecule has 1 aliphatic heterocycles. The molecule has 0 saturated heterocycles. The number of aromatic nitrogens is 3. The van der Waals surface area contributed by atoms with E-state index in [9.17, 15) is 0 Å². The van der Waals surface area contributed by atoms with Crippen LogP contribution in [0, 0.1) is 0 Å². The number of methoxy groups -OCH3 is 4. The standard InChI is InChI=1S/C26H28N4O4/c1-31-20-12-6-9-17(24(20)33-3)14-16-8-5-10-18-22(16)29-26-27-15-28-30(26)23(18)19-11-7-13-21(32-2)25(19)34-4/h6-7,9,11-15,23H,5,8,10H2,1-4H3,(H,27,28,29)/b16-14+/t23-/m0/s1. The number of ether oxygens (including phenoxy) is 4. The van der Waals surface area contributed by atoms with Crippen molar-refractivity contribution in [2.45, 2.75) is 25.3 Å². The second-order valence-electron chi connectivity index (χ2n) is 8.14.